The van der Waals surface area contributed by atoms with E-state index in [2.05, 4.69) is 5.32 Å². The number of anilines is 2. The van der Waals surface area contributed by atoms with Crippen molar-refractivity contribution >= 4 is 17.3 Å². The fourth-order valence-corrected chi connectivity index (χ4v) is 2.80. The Bertz CT molecular complexity index is 743. The second-order valence-electron chi connectivity index (χ2n) is 5.61. The van der Waals surface area contributed by atoms with Gasteiger partial charge >= 0.3 is 0 Å². The van der Waals surface area contributed by atoms with Gasteiger partial charge in [-0.3, -0.25) is 4.79 Å². The van der Waals surface area contributed by atoms with Crippen molar-refractivity contribution in [1.82, 2.24) is 0 Å². The SMILES string of the molecule is CN(C)c1ccc2c(c1)NC(=O)CC2c1cccc(F)c1F. The molecule has 0 bridgehead atoms. The summed E-state index contributed by atoms with van der Waals surface area (Å²) in [4.78, 5) is 13.9. The zero-order valence-corrected chi connectivity index (χ0v) is 12.4. The Morgan fingerprint density at radius 2 is 1.91 bits per heavy atom. The molecule has 114 valence electrons. The van der Waals surface area contributed by atoms with E-state index in [1.54, 1.807) is 0 Å². The molecule has 1 unspecified atom stereocenters. The molecule has 1 aliphatic heterocycles. The Balaban J connectivity index is 2.12. The number of hydrogen-bond donors (Lipinski definition) is 1. The lowest BCUT2D eigenvalue weighted by atomic mass is 9.84. The number of halogens is 2. The lowest BCUT2D eigenvalue weighted by molar-refractivity contribution is -0.116. The fraction of sp³-hybridized carbons (Fsp3) is 0.235. The molecule has 5 heteroatoms. The van der Waals surface area contributed by atoms with Crippen LogP contribution < -0.4 is 10.2 Å². The van der Waals surface area contributed by atoms with Gasteiger partial charge in [-0.2, -0.15) is 0 Å². The van der Waals surface area contributed by atoms with E-state index >= 15 is 0 Å². The smallest absolute Gasteiger partial charge is 0.225 e. The van der Waals surface area contributed by atoms with E-state index in [4.69, 9.17) is 0 Å². The molecule has 2 aromatic rings. The van der Waals surface area contributed by atoms with Crippen molar-refractivity contribution < 1.29 is 13.6 Å². The molecule has 3 rings (SSSR count). The standard InChI is InChI=1S/C17H16F2N2O/c1-21(2)10-6-7-11-13(9-16(22)20-15(11)8-10)12-4-3-5-14(18)17(12)19/h3-8,13H,9H2,1-2H3,(H,20,22). The molecular weight excluding hydrogens is 286 g/mol. The molecule has 1 amide bonds. The highest BCUT2D eigenvalue weighted by molar-refractivity contribution is 5.96. The highest BCUT2D eigenvalue weighted by atomic mass is 19.2. The quantitative estimate of drug-likeness (QED) is 0.921. The minimum absolute atomic E-state index is 0.106. The fourth-order valence-electron chi connectivity index (χ4n) is 2.80. The van der Waals surface area contributed by atoms with Gasteiger partial charge in [-0.15, -0.1) is 0 Å². The predicted octanol–water partition coefficient (Wildman–Crippen LogP) is 3.50. The number of carbonyl (C=O) groups excluding carboxylic acids is 1. The third kappa shape index (κ3) is 2.43. The molecule has 0 radical (unpaired) electrons. The topological polar surface area (TPSA) is 32.3 Å². The van der Waals surface area contributed by atoms with E-state index in [-0.39, 0.29) is 17.9 Å². The van der Waals surface area contributed by atoms with Crippen molar-refractivity contribution in [3.8, 4) is 0 Å². The third-order valence-electron chi connectivity index (χ3n) is 3.95. The molecule has 22 heavy (non-hydrogen) atoms. The Hall–Kier alpha value is -2.43. The Labute approximate surface area is 127 Å². The molecule has 0 saturated carbocycles. The monoisotopic (exact) mass is 302 g/mol. The molecule has 0 spiro atoms. The van der Waals surface area contributed by atoms with E-state index in [0.29, 0.717) is 5.69 Å². The highest BCUT2D eigenvalue weighted by Crippen LogP contribution is 2.39. The molecule has 1 heterocycles. The number of amides is 1. The lowest BCUT2D eigenvalue weighted by Crippen LogP contribution is -2.24. The van der Waals surface area contributed by atoms with Gasteiger partial charge in [-0.1, -0.05) is 18.2 Å². The second-order valence-corrected chi connectivity index (χ2v) is 5.61. The molecule has 0 saturated heterocycles. The van der Waals surface area contributed by atoms with Crippen LogP contribution in [0.1, 0.15) is 23.5 Å². The largest absolute Gasteiger partial charge is 0.378 e. The Morgan fingerprint density at radius 1 is 1.14 bits per heavy atom. The van der Waals surface area contributed by atoms with Gasteiger partial charge in [0.05, 0.1) is 0 Å². The highest BCUT2D eigenvalue weighted by Gasteiger charge is 2.29. The maximum atomic E-state index is 14.1. The first-order valence-corrected chi connectivity index (χ1v) is 7.02. The molecule has 1 N–H and O–H groups in total. The van der Waals surface area contributed by atoms with Gasteiger partial charge in [0.15, 0.2) is 11.6 Å². The van der Waals surface area contributed by atoms with E-state index in [1.165, 1.54) is 12.1 Å². The van der Waals surface area contributed by atoms with Crippen LogP contribution in [0.3, 0.4) is 0 Å². The van der Waals surface area contributed by atoms with Gasteiger partial charge in [0.2, 0.25) is 5.91 Å². The number of fused-ring (bicyclic) bond motifs is 1. The van der Waals surface area contributed by atoms with Crippen molar-refractivity contribution in [1.29, 1.82) is 0 Å². The number of nitrogens with one attached hydrogen (secondary N) is 1. The van der Waals surface area contributed by atoms with Crippen molar-refractivity contribution in [3.63, 3.8) is 0 Å². The number of nitrogens with zero attached hydrogens (tertiary/aromatic N) is 1. The number of hydrogen-bond acceptors (Lipinski definition) is 2. The minimum atomic E-state index is -0.894. The van der Waals surface area contributed by atoms with Crippen LogP contribution in [0.4, 0.5) is 20.2 Å². The maximum absolute atomic E-state index is 14.1. The van der Waals surface area contributed by atoms with Crippen LogP contribution in [0, 0.1) is 11.6 Å². The van der Waals surface area contributed by atoms with Crippen molar-refractivity contribution in [2.75, 3.05) is 24.3 Å². The van der Waals surface area contributed by atoms with E-state index < -0.39 is 17.6 Å². The third-order valence-corrected chi connectivity index (χ3v) is 3.95. The normalized spacial score (nSPS) is 16.9. The van der Waals surface area contributed by atoms with Crippen LogP contribution >= 0.6 is 0 Å². The predicted molar refractivity (Wildman–Crippen MR) is 82.2 cm³/mol. The number of carbonyl (C=O) groups is 1. The summed E-state index contributed by atoms with van der Waals surface area (Å²) < 4.78 is 27.6. The van der Waals surface area contributed by atoms with E-state index in [0.717, 1.165) is 17.3 Å². The van der Waals surface area contributed by atoms with Gasteiger partial charge < -0.3 is 10.2 Å². The van der Waals surface area contributed by atoms with Gasteiger partial charge in [-0.25, -0.2) is 8.78 Å². The summed E-state index contributed by atoms with van der Waals surface area (Å²) in [6, 6.07) is 9.69. The van der Waals surface area contributed by atoms with Gasteiger partial charge in [0.25, 0.3) is 0 Å². The summed E-state index contributed by atoms with van der Waals surface area (Å²) in [5.74, 6) is -2.45. The van der Waals surface area contributed by atoms with Crippen molar-refractivity contribution in [2.24, 2.45) is 0 Å². The number of benzene rings is 2. The van der Waals surface area contributed by atoms with Crippen LogP contribution in [0.2, 0.25) is 0 Å². The van der Waals surface area contributed by atoms with Crippen LogP contribution in [-0.2, 0) is 4.79 Å². The van der Waals surface area contributed by atoms with Gasteiger partial charge in [0, 0.05) is 37.8 Å². The Kier molecular flexibility index (Phi) is 3.56. The van der Waals surface area contributed by atoms with Crippen LogP contribution in [0.25, 0.3) is 0 Å². The summed E-state index contributed by atoms with van der Waals surface area (Å²) in [5, 5.41) is 2.81. The van der Waals surface area contributed by atoms with Crippen LogP contribution in [-0.4, -0.2) is 20.0 Å². The van der Waals surface area contributed by atoms with Crippen LogP contribution in [0.5, 0.6) is 0 Å². The molecular formula is C17H16F2N2O. The summed E-state index contributed by atoms with van der Waals surface area (Å²) >= 11 is 0. The summed E-state index contributed by atoms with van der Waals surface area (Å²) in [6.45, 7) is 0. The van der Waals surface area contributed by atoms with Gasteiger partial charge in [0.1, 0.15) is 0 Å². The molecule has 1 atom stereocenters. The molecule has 0 aliphatic carbocycles. The average molecular weight is 302 g/mol. The zero-order chi connectivity index (χ0) is 15.9. The first-order valence-electron chi connectivity index (χ1n) is 7.02. The van der Waals surface area contributed by atoms with E-state index in [9.17, 15) is 13.6 Å². The van der Waals surface area contributed by atoms with Crippen LogP contribution in [0.15, 0.2) is 36.4 Å². The molecule has 0 aromatic heterocycles. The zero-order valence-electron chi connectivity index (χ0n) is 12.4. The first kappa shape index (κ1) is 14.5. The Morgan fingerprint density at radius 3 is 2.64 bits per heavy atom. The van der Waals surface area contributed by atoms with Gasteiger partial charge in [-0.05, 0) is 29.3 Å². The molecule has 2 aromatic carbocycles. The maximum Gasteiger partial charge on any atom is 0.225 e. The first-order chi connectivity index (χ1) is 10.5. The van der Waals surface area contributed by atoms with Crippen molar-refractivity contribution in [3.05, 3.63) is 59.2 Å². The molecule has 0 fully saturated rings. The van der Waals surface area contributed by atoms with Crippen molar-refractivity contribution in [2.45, 2.75) is 12.3 Å². The molecule has 1 aliphatic rings. The van der Waals surface area contributed by atoms with E-state index in [1.807, 2.05) is 37.2 Å². The average Bonchev–Trinajstić information content (AvgIpc) is 2.48. The minimum Gasteiger partial charge on any atom is -0.378 e. The molecule has 3 nitrogen and oxygen atoms in total. The summed E-state index contributed by atoms with van der Waals surface area (Å²) in [5.41, 5.74) is 2.60. The summed E-state index contributed by atoms with van der Waals surface area (Å²) in [7, 11) is 3.80. The second kappa shape index (κ2) is 5.40. The number of rotatable bonds is 2. The lowest BCUT2D eigenvalue weighted by Gasteiger charge is -2.27. The summed E-state index contributed by atoms with van der Waals surface area (Å²) in [6.07, 6.45) is 0.106.